The third-order valence-corrected chi connectivity index (χ3v) is 2.73. The van der Waals surface area contributed by atoms with Crippen LogP contribution in [0.5, 0.6) is 0 Å². The topological polar surface area (TPSA) is 29.1 Å². The number of hydrogen-bond donors (Lipinski definition) is 1. The fourth-order valence-corrected chi connectivity index (χ4v) is 1.39. The van der Waals surface area contributed by atoms with E-state index in [9.17, 15) is 4.79 Å². The molecule has 84 valence electrons. The van der Waals surface area contributed by atoms with Crippen LogP contribution >= 0.6 is 11.6 Å². The summed E-state index contributed by atoms with van der Waals surface area (Å²) < 4.78 is 0. The first-order valence-electron chi connectivity index (χ1n) is 5.24. The Labute approximate surface area is 92.4 Å². The number of alkyl halides is 1. The lowest BCUT2D eigenvalue weighted by Gasteiger charge is -2.25. The van der Waals surface area contributed by atoms with Gasteiger partial charge in [-0.15, -0.1) is 11.6 Å². The van der Waals surface area contributed by atoms with E-state index in [1.165, 1.54) is 0 Å². The third kappa shape index (κ3) is 4.85. The average Bonchev–Trinajstić information content (AvgIpc) is 2.02. The Kier molecular flexibility index (Phi) is 5.50. The second-order valence-corrected chi connectivity index (χ2v) is 5.37. The standard InChI is InChI=1S/C11H22ClNO/c1-6-11(4,5)10(14)13-9(3)7-8(2)12/h8-9H,6-7H2,1-5H3,(H,13,14). The van der Waals surface area contributed by atoms with Crippen LogP contribution in [0.15, 0.2) is 0 Å². The molecule has 0 aromatic carbocycles. The SMILES string of the molecule is CCC(C)(C)C(=O)NC(C)CC(C)Cl. The highest BCUT2D eigenvalue weighted by molar-refractivity contribution is 6.20. The van der Waals surface area contributed by atoms with Gasteiger partial charge in [-0.25, -0.2) is 0 Å². The molecule has 0 aliphatic rings. The van der Waals surface area contributed by atoms with Crippen molar-refractivity contribution in [1.82, 2.24) is 5.32 Å². The van der Waals surface area contributed by atoms with Gasteiger partial charge in [0.2, 0.25) is 5.91 Å². The molecule has 1 N–H and O–H groups in total. The molecule has 0 saturated carbocycles. The third-order valence-electron chi connectivity index (χ3n) is 2.55. The van der Waals surface area contributed by atoms with Crippen molar-refractivity contribution in [3.05, 3.63) is 0 Å². The Bertz CT molecular complexity index is 190. The highest BCUT2D eigenvalue weighted by atomic mass is 35.5. The van der Waals surface area contributed by atoms with Crippen molar-refractivity contribution in [3.8, 4) is 0 Å². The fraction of sp³-hybridized carbons (Fsp3) is 0.909. The van der Waals surface area contributed by atoms with E-state index in [2.05, 4.69) is 5.32 Å². The summed E-state index contributed by atoms with van der Waals surface area (Å²) in [6.45, 7) is 9.87. The Balaban J connectivity index is 4.06. The first-order valence-corrected chi connectivity index (χ1v) is 5.68. The van der Waals surface area contributed by atoms with Crippen LogP contribution in [-0.4, -0.2) is 17.3 Å². The van der Waals surface area contributed by atoms with Crippen molar-refractivity contribution in [1.29, 1.82) is 0 Å². The summed E-state index contributed by atoms with van der Waals surface area (Å²) >= 11 is 5.85. The van der Waals surface area contributed by atoms with Crippen LogP contribution in [0.1, 0.15) is 47.5 Å². The smallest absolute Gasteiger partial charge is 0.225 e. The average molecular weight is 220 g/mol. The molecule has 14 heavy (non-hydrogen) atoms. The van der Waals surface area contributed by atoms with Crippen molar-refractivity contribution in [2.75, 3.05) is 0 Å². The molecule has 1 amide bonds. The van der Waals surface area contributed by atoms with E-state index in [4.69, 9.17) is 11.6 Å². The van der Waals surface area contributed by atoms with Gasteiger partial charge in [0.25, 0.3) is 0 Å². The Morgan fingerprint density at radius 2 is 1.93 bits per heavy atom. The van der Waals surface area contributed by atoms with Crippen LogP contribution in [0.4, 0.5) is 0 Å². The lowest BCUT2D eigenvalue weighted by molar-refractivity contribution is -0.130. The van der Waals surface area contributed by atoms with Crippen molar-refractivity contribution >= 4 is 17.5 Å². The van der Waals surface area contributed by atoms with Crippen molar-refractivity contribution in [2.24, 2.45) is 5.41 Å². The van der Waals surface area contributed by atoms with Gasteiger partial charge in [-0.3, -0.25) is 4.79 Å². The van der Waals surface area contributed by atoms with Crippen LogP contribution < -0.4 is 5.32 Å². The lowest BCUT2D eigenvalue weighted by atomic mass is 9.89. The molecule has 0 fully saturated rings. The Hall–Kier alpha value is -0.240. The number of carbonyl (C=O) groups is 1. The van der Waals surface area contributed by atoms with Gasteiger partial charge in [0, 0.05) is 16.8 Å². The van der Waals surface area contributed by atoms with Gasteiger partial charge in [0.1, 0.15) is 0 Å². The van der Waals surface area contributed by atoms with Crippen molar-refractivity contribution in [2.45, 2.75) is 58.9 Å². The molecule has 0 aromatic heterocycles. The van der Waals surface area contributed by atoms with Crippen molar-refractivity contribution in [3.63, 3.8) is 0 Å². The minimum absolute atomic E-state index is 0.107. The molecule has 2 nitrogen and oxygen atoms in total. The molecule has 0 aliphatic carbocycles. The summed E-state index contributed by atoms with van der Waals surface area (Å²) in [6, 6.07) is 0.154. The molecule has 0 radical (unpaired) electrons. The van der Waals surface area contributed by atoms with Gasteiger partial charge in [0.15, 0.2) is 0 Å². The minimum atomic E-state index is -0.274. The van der Waals surface area contributed by atoms with Crippen LogP contribution in [0, 0.1) is 5.41 Å². The van der Waals surface area contributed by atoms with Gasteiger partial charge < -0.3 is 5.32 Å². The predicted molar refractivity (Wildman–Crippen MR) is 61.6 cm³/mol. The summed E-state index contributed by atoms with van der Waals surface area (Å²) in [7, 11) is 0. The van der Waals surface area contributed by atoms with Gasteiger partial charge in [-0.2, -0.15) is 0 Å². The quantitative estimate of drug-likeness (QED) is 0.708. The number of nitrogens with one attached hydrogen (secondary N) is 1. The van der Waals surface area contributed by atoms with E-state index in [0.717, 1.165) is 12.8 Å². The number of hydrogen-bond acceptors (Lipinski definition) is 1. The van der Waals surface area contributed by atoms with E-state index in [0.29, 0.717) is 0 Å². The number of amides is 1. The van der Waals surface area contributed by atoms with Crippen LogP contribution in [-0.2, 0) is 4.79 Å². The lowest BCUT2D eigenvalue weighted by Crippen LogP contribution is -2.42. The maximum absolute atomic E-state index is 11.7. The largest absolute Gasteiger partial charge is 0.353 e. The van der Waals surface area contributed by atoms with E-state index in [1.54, 1.807) is 0 Å². The predicted octanol–water partition coefficient (Wildman–Crippen LogP) is 2.94. The molecular formula is C11H22ClNO. The molecule has 0 rings (SSSR count). The molecule has 0 saturated heterocycles. The minimum Gasteiger partial charge on any atom is -0.353 e. The molecule has 3 heteroatoms. The summed E-state index contributed by atoms with van der Waals surface area (Å²) in [5.41, 5.74) is -0.274. The normalized spacial score (nSPS) is 16.1. The van der Waals surface area contributed by atoms with Gasteiger partial charge in [0.05, 0.1) is 0 Å². The second kappa shape index (κ2) is 5.59. The van der Waals surface area contributed by atoms with Gasteiger partial charge >= 0.3 is 0 Å². The Morgan fingerprint density at radius 1 is 1.43 bits per heavy atom. The zero-order valence-electron chi connectivity index (χ0n) is 9.86. The van der Waals surface area contributed by atoms with E-state index in [-0.39, 0.29) is 22.7 Å². The van der Waals surface area contributed by atoms with Crippen LogP contribution in [0.3, 0.4) is 0 Å². The van der Waals surface area contributed by atoms with E-state index < -0.39 is 0 Å². The summed E-state index contributed by atoms with van der Waals surface area (Å²) in [4.78, 5) is 11.7. The molecule has 2 atom stereocenters. The fourth-order valence-electron chi connectivity index (χ4n) is 1.13. The van der Waals surface area contributed by atoms with Gasteiger partial charge in [-0.1, -0.05) is 20.8 Å². The molecule has 0 bridgehead atoms. The molecular weight excluding hydrogens is 198 g/mol. The first kappa shape index (κ1) is 13.8. The van der Waals surface area contributed by atoms with E-state index >= 15 is 0 Å². The second-order valence-electron chi connectivity index (χ2n) is 4.63. The monoisotopic (exact) mass is 219 g/mol. The Morgan fingerprint density at radius 3 is 2.29 bits per heavy atom. The highest BCUT2D eigenvalue weighted by Gasteiger charge is 2.26. The molecule has 0 spiro atoms. The molecule has 0 aliphatic heterocycles. The zero-order chi connectivity index (χ0) is 11.4. The summed E-state index contributed by atoms with van der Waals surface area (Å²) in [6.07, 6.45) is 1.66. The number of rotatable bonds is 5. The number of carbonyl (C=O) groups excluding carboxylic acids is 1. The van der Waals surface area contributed by atoms with Crippen LogP contribution in [0.2, 0.25) is 0 Å². The van der Waals surface area contributed by atoms with E-state index in [1.807, 2.05) is 34.6 Å². The maximum atomic E-state index is 11.7. The number of halogens is 1. The zero-order valence-corrected chi connectivity index (χ0v) is 10.6. The van der Waals surface area contributed by atoms with Crippen molar-refractivity contribution < 1.29 is 4.79 Å². The highest BCUT2D eigenvalue weighted by Crippen LogP contribution is 2.20. The van der Waals surface area contributed by atoms with Gasteiger partial charge in [-0.05, 0) is 26.7 Å². The molecule has 0 aromatic rings. The van der Waals surface area contributed by atoms with Crippen LogP contribution in [0.25, 0.3) is 0 Å². The summed E-state index contributed by atoms with van der Waals surface area (Å²) in [5.74, 6) is 0.116. The molecule has 2 unspecified atom stereocenters. The molecule has 0 heterocycles. The summed E-state index contributed by atoms with van der Waals surface area (Å²) in [5, 5.41) is 3.09. The maximum Gasteiger partial charge on any atom is 0.225 e. The first-order chi connectivity index (χ1) is 6.29.